The summed E-state index contributed by atoms with van der Waals surface area (Å²) in [6.07, 6.45) is 2.74. The van der Waals surface area contributed by atoms with Crippen LogP contribution in [0.25, 0.3) is 11.3 Å². The minimum absolute atomic E-state index is 0.120. The molecule has 1 aliphatic carbocycles. The molecule has 2 aromatic heterocycles. The number of nitrogens with zero attached hydrogens (tertiary/aromatic N) is 2. The molecule has 194 valence electrons. The Balaban J connectivity index is 1.28. The molecule has 0 amide bonds. The normalized spacial score (nSPS) is 16.2. The first-order valence-corrected chi connectivity index (χ1v) is 13.1. The summed E-state index contributed by atoms with van der Waals surface area (Å²) in [5.74, 6) is 2.53. The molecule has 0 spiro atoms. The Kier molecular flexibility index (Phi) is 6.50. The zero-order valence-corrected chi connectivity index (χ0v) is 22.3. The number of pyridine rings is 1. The van der Waals surface area contributed by atoms with Gasteiger partial charge in [0.05, 0.1) is 34.0 Å². The first kappa shape index (κ1) is 24.8. The average molecular weight is 551 g/mol. The molecule has 1 saturated carbocycles. The molecule has 0 saturated heterocycles. The van der Waals surface area contributed by atoms with E-state index in [2.05, 4.69) is 12.1 Å². The Morgan fingerprint density at radius 1 is 1.08 bits per heavy atom. The summed E-state index contributed by atoms with van der Waals surface area (Å²) in [7, 11) is 1.36. The maximum atomic E-state index is 12.0. The maximum absolute atomic E-state index is 12.0. The highest BCUT2D eigenvalue weighted by atomic mass is 35.5. The van der Waals surface area contributed by atoms with Gasteiger partial charge >= 0.3 is 5.97 Å². The van der Waals surface area contributed by atoms with Crippen LogP contribution < -0.4 is 9.47 Å². The lowest BCUT2D eigenvalue weighted by molar-refractivity contribution is 0.0600. The Morgan fingerprint density at radius 2 is 1.87 bits per heavy atom. The highest BCUT2D eigenvalue weighted by molar-refractivity contribution is 6.39. The second-order valence-corrected chi connectivity index (χ2v) is 10.4. The number of ether oxygens (including phenoxy) is 3. The molecule has 7 nitrogen and oxygen atoms in total. The number of fused-ring (bicyclic) bond motifs is 2. The van der Waals surface area contributed by atoms with Crippen LogP contribution in [0.15, 0.2) is 53.1 Å². The summed E-state index contributed by atoms with van der Waals surface area (Å²) in [6.45, 7) is 2.31. The molecule has 1 atom stereocenters. The minimum atomic E-state index is -0.410. The van der Waals surface area contributed by atoms with Gasteiger partial charge in [0, 0.05) is 24.0 Å². The number of methoxy groups -OCH3 is 1. The number of hydrogen-bond acceptors (Lipinski definition) is 7. The standard InChI is InChI=1S/C29H24Cl2N2O5/c1-15-12-22-23(37-24-13-17(29(34)35-2)8-9-18(15)24)10-11-25(32-22)36-14-19-27(33-38-28(19)16-6-7-16)26-20(30)4-3-5-21(26)31/h3-5,8-11,13,15-16H,6-7,12,14H2,1-2H3. The Hall–Kier alpha value is -3.55. The predicted molar refractivity (Wildman–Crippen MR) is 142 cm³/mol. The van der Waals surface area contributed by atoms with Crippen LogP contribution in [0, 0.1) is 0 Å². The lowest BCUT2D eigenvalue weighted by Gasteiger charge is -2.12. The van der Waals surface area contributed by atoms with Gasteiger partial charge in [0.15, 0.2) is 0 Å². The molecule has 9 heteroatoms. The fraction of sp³-hybridized carbons (Fsp3) is 0.276. The van der Waals surface area contributed by atoms with Gasteiger partial charge in [-0.1, -0.05) is 47.4 Å². The number of carbonyl (C=O) groups excluding carboxylic acids is 1. The van der Waals surface area contributed by atoms with E-state index in [1.807, 2.05) is 12.1 Å². The van der Waals surface area contributed by atoms with Crippen molar-refractivity contribution >= 4 is 29.2 Å². The van der Waals surface area contributed by atoms with Gasteiger partial charge in [-0.2, -0.15) is 0 Å². The topological polar surface area (TPSA) is 83.7 Å². The molecular formula is C29H24Cl2N2O5. The van der Waals surface area contributed by atoms with E-state index in [-0.39, 0.29) is 12.5 Å². The van der Waals surface area contributed by atoms with Crippen molar-refractivity contribution in [3.63, 3.8) is 0 Å². The molecule has 3 heterocycles. The van der Waals surface area contributed by atoms with Crippen LogP contribution >= 0.6 is 23.2 Å². The SMILES string of the molecule is COC(=O)c1ccc2c(c1)Oc1ccc(OCc3c(-c4c(Cl)cccc4Cl)noc3C3CC3)nc1CC2C. The number of benzene rings is 2. The molecule has 0 bridgehead atoms. The zero-order valence-electron chi connectivity index (χ0n) is 20.8. The number of hydrogen-bond donors (Lipinski definition) is 0. The van der Waals surface area contributed by atoms with E-state index in [0.29, 0.717) is 56.6 Å². The molecule has 1 fully saturated rings. The molecule has 1 aliphatic heterocycles. The zero-order chi connectivity index (χ0) is 26.4. The molecule has 4 aromatic rings. The van der Waals surface area contributed by atoms with E-state index < -0.39 is 5.97 Å². The summed E-state index contributed by atoms with van der Waals surface area (Å²) in [4.78, 5) is 16.8. The smallest absolute Gasteiger partial charge is 0.337 e. The number of rotatable bonds is 6. The fourth-order valence-electron chi connectivity index (χ4n) is 4.78. The lowest BCUT2D eigenvalue weighted by Crippen LogP contribution is -2.04. The molecule has 6 rings (SSSR count). The van der Waals surface area contributed by atoms with Gasteiger partial charge in [0.25, 0.3) is 0 Å². The maximum Gasteiger partial charge on any atom is 0.337 e. The molecule has 38 heavy (non-hydrogen) atoms. The van der Waals surface area contributed by atoms with E-state index >= 15 is 0 Å². The first-order chi connectivity index (χ1) is 18.4. The Bertz CT molecular complexity index is 1530. The minimum Gasteiger partial charge on any atom is -0.473 e. The van der Waals surface area contributed by atoms with E-state index in [1.165, 1.54) is 7.11 Å². The summed E-state index contributed by atoms with van der Waals surface area (Å²) in [5, 5.41) is 5.32. The van der Waals surface area contributed by atoms with Gasteiger partial charge in [0.2, 0.25) is 5.88 Å². The Morgan fingerprint density at radius 3 is 2.61 bits per heavy atom. The molecule has 0 radical (unpaired) electrons. The molecule has 2 aliphatic rings. The number of esters is 1. The van der Waals surface area contributed by atoms with Crippen LogP contribution in [0.1, 0.15) is 64.5 Å². The van der Waals surface area contributed by atoms with Gasteiger partial charge in [-0.3, -0.25) is 0 Å². The van der Waals surface area contributed by atoms with Gasteiger partial charge in [0.1, 0.15) is 29.6 Å². The number of carbonyl (C=O) groups is 1. The second kappa shape index (κ2) is 9.97. The summed E-state index contributed by atoms with van der Waals surface area (Å²) >= 11 is 13.0. The molecule has 1 unspecified atom stereocenters. The summed E-state index contributed by atoms with van der Waals surface area (Å²) in [5.41, 5.74) is 4.25. The van der Waals surface area contributed by atoms with Gasteiger partial charge in [-0.15, -0.1) is 0 Å². The largest absolute Gasteiger partial charge is 0.473 e. The Labute approximate surface area is 229 Å². The monoisotopic (exact) mass is 550 g/mol. The van der Waals surface area contributed by atoms with Gasteiger partial charge in [-0.05, 0) is 54.7 Å². The fourth-order valence-corrected chi connectivity index (χ4v) is 5.35. The summed E-state index contributed by atoms with van der Waals surface area (Å²) < 4.78 is 23.0. The van der Waals surface area contributed by atoms with Crippen molar-refractivity contribution in [2.24, 2.45) is 0 Å². The van der Waals surface area contributed by atoms with Crippen molar-refractivity contribution < 1.29 is 23.5 Å². The van der Waals surface area contributed by atoms with Crippen molar-refractivity contribution in [2.75, 3.05) is 7.11 Å². The predicted octanol–water partition coefficient (Wildman–Crippen LogP) is 7.74. The van der Waals surface area contributed by atoms with E-state index in [9.17, 15) is 4.79 Å². The van der Waals surface area contributed by atoms with E-state index in [4.69, 9.17) is 46.9 Å². The third kappa shape index (κ3) is 4.61. The van der Waals surface area contributed by atoms with Crippen molar-refractivity contribution in [1.82, 2.24) is 10.1 Å². The lowest BCUT2D eigenvalue weighted by atomic mass is 9.95. The van der Waals surface area contributed by atoms with Gasteiger partial charge in [-0.25, -0.2) is 9.78 Å². The highest BCUT2D eigenvalue weighted by Crippen LogP contribution is 2.46. The van der Waals surface area contributed by atoms with E-state index in [1.54, 1.807) is 36.4 Å². The summed E-state index contributed by atoms with van der Waals surface area (Å²) in [6, 6.07) is 14.3. The quantitative estimate of drug-likeness (QED) is 0.227. The van der Waals surface area contributed by atoms with Crippen LogP contribution in [-0.4, -0.2) is 23.2 Å². The van der Waals surface area contributed by atoms with E-state index in [0.717, 1.165) is 35.4 Å². The average Bonchev–Trinajstić information content (AvgIpc) is 3.69. The van der Waals surface area contributed by atoms with Crippen LogP contribution in [0.4, 0.5) is 0 Å². The first-order valence-electron chi connectivity index (χ1n) is 12.4. The molecule has 0 N–H and O–H groups in total. The second-order valence-electron chi connectivity index (χ2n) is 9.58. The number of halogens is 2. The molecular weight excluding hydrogens is 527 g/mol. The van der Waals surface area contributed by atoms with Crippen LogP contribution in [0.5, 0.6) is 17.4 Å². The highest BCUT2D eigenvalue weighted by Gasteiger charge is 2.34. The van der Waals surface area contributed by atoms with Crippen LogP contribution in [0.3, 0.4) is 0 Å². The third-order valence-corrected chi connectivity index (χ3v) is 7.55. The van der Waals surface area contributed by atoms with Crippen LogP contribution in [0.2, 0.25) is 10.0 Å². The third-order valence-electron chi connectivity index (χ3n) is 6.92. The molecule has 2 aromatic carbocycles. The van der Waals surface area contributed by atoms with Crippen molar-refractivity contribution in [2.45, 2.75) is 44.6 Å². The van der Waals surface area contributed by atoms with Crippen molar-refractivity contribution in [3.8, 4) is 28.6 Å². The van der Waals surface area contributed by atoms with Gasteiger partial charge < -0.3 is 18.7 Å². The number of aromatic nitrogens is 2. The van der Waals surface area contributed by atoms with Crippen molar-refractivity contribution in [3.05, 3.63) is 86.7 Å². The van der Waals surface area contributed by atoms with Crippen LogP contribution in [-0.2, 0) is 17.8 Å². The van der Waals surface area contributed by atoms with Crippen molar-refractivity contribution in [1.29, 1.82) is 0 Å².